The number of nitrogens with zero attached hydrogens (tertiary/aromatic N) is 8. The molecule has 6 N–H and O–H groups in total. The van der Waals surface area contributed by atoms with Gasteiger partial charge in [-0.15, -0.1) is 0 Å². The predicted octanol–water partition coefficient (Wildman–Crippen LogP) is 2.87. The standard InChI is InChI=1S/C75H120N12O15/c1-20-49(10)65-69(95)79-63(51(12)89)75(101)80(13)42-62(91)81(14)57(37-46(4)5)66(92)76-55(72(98)87-34-28-23-29-35-87)41-61(90)85(18)64(48(8)9)68(94)77-54(36-45(2)3)70(96)83(16)59(38-47(6)7)73(99)82(15)58(39-52-30-24-21-25-31-52)67(93)78-56(44-102-43-50(11)88)71(97)84(17)60(74(100)86(65)19)40-53-32-26-22-27-33-53/h21-22,24-27,30-33,45-51,54-60,63-65,88-89H,20,23,28-29,34-44H2,1-19H3,(H,76,92)(H,77,94)(H,78,93)(H,79,95)/t49-,50-,51+,54-,55-,56-,57-,58-,59-,60-,63-,64-,65-/m0/s1. The van der Waals surface area contributed by atoms with Gasteiger partial charge in [-0.1, -0.05) is 136 Å². The molecule has 4 rings (SSSR count). The SMILES string of the molecule is CC[C@H](C)[C@H]1C(=O)N[C@@H]([C@@H](C)O)C(=O)N(C)CC(=O)N(C)[C@@H](CC(C)C)C(=O)N[C@H](C(=O)N2CCCCC2)CC(=O)N(C)[C@@H](C(C)C)C(=O)N[C@@H](CC(C)C)C(=O)N(C)[C@@H](CC(C)C)C(=O)N(C)[C@@H](Cc2ccccc2)C(=O)N[C@@H](COC[C@H](C)O)C(=O)N(C)[C@@H](Cc2ccccc2)C(=O)N1C. The second-order valence-electron chi connectivity index (χ2n) is 29.7. The Labute approximate surface area is 604 Å². The van der Waals surface area contributed by atoms with E-state index in [1.807, 2.05) is 41.5 Å². The lowest BCUT2D eigenvalue weighted by Crippen LogP contribution is -2.63. The van der Waals surface area contributed by atoms with E-state index in [0.29, 0.717) is 43.5 Å². The van der Waals surface area contributed by atoms with Gasteiger partial charge >= 0.3 is 0 Å². The number of aliphatic hydroxyl groups is 2. The summed E-state index contributed by atoms with van der Waals surface area (Å²) in [6.07, 6.45) is -0.711. The first-order valence-electron chi connectivity index (χ1n) is 36.2. The van der Waals surface area contributed by atoms with E-state index in [2.05, 4.69) is 21.3 Å². The Morgan fingerprint density at radius 1 is 0.490 bits per heavy atom. The molecule has 27 nitrogen and oxygen atoms in total. The largest absolute Gasteiger partial charge is 0.391 e. The van der Waals surface area contributed by atoms with Crippen LogP contribution in [0.3, 0.4) is 0 Å². The van der Waals surface area contributed by atoms with Crippen LogP contribution in [0.15, 0.2) is 60.7 Å². The molecule has 12 amide bonds. The minimum atomic E-state index is -1.70. The molecule has 2 aliphatic heterocycles. The average Bonchev–Trinajstić information content (AvgIpc) is 0.812. The van der Waals surface area contributed by atoms with Crippen molar-refractivity contribution in [3.05, 3.63) is 71.8 Å². The van der Waals surface area contributed by atoms with Gasteiger partial charge in [0, 0.05) is 75.3 Å². The van der Waals surface area contributed by atoms with Gasteiger partial charge in [-0.2, -0.15) is 0 Å². The number of likely N-dealkylation sites (N-methyl/N-ethyl adjacent to an activating group) is 7. The molecule has 13 atom stereocenters. The molecular weight excluding hydrogens is 1310 g/mol. The van der Waals surface area contributed by atoms with Crippen LogP contribution in [0.4, 0.5) is 0 Å². The van der Waals surface area contributed by atoms with E-state index >= 15 is 24.0 Å². The van der Waals surface area contributed by atoms with Crippen molar-refractivity contribution < 1.29 is 72.5 Å². The summed E-state index contributed by atoms with van der Waals surface area (Å²) in [7, 11) is 9.65. The molecule has 0 unspecified atom stereocenters. The molecule has 0 aliphatic carbocycles. The Balaban J connectivity index is 2.02. The molecule has 2 heterocycles. The van der Waals surface area contributed by atoms with Crippen LogP contribution in [0.25, 0.3) is 0 Å². The molecule has 2 aliphatic rings. The lowest BCUT2D eigenvalue weighted by Gasteiger charge is -2.39. The Hall–Kier alpha value is -8.04. The lowest BCUT2D eigenvalue weighted by molar-refractivity contribution is -0.152. The first-order chi connectivity index (χ1) is 47.8. The van der Waals surface area contributed by atoms with Crippen LogP contribution in [0.2, 0.25) is 0 Å². The van der Waals surface area contributed by atoms with Gasteiger partial charge in [0.05, 0.1) is 38.4 Å². The summed E-state index contributed by atoms with van der Waals surface area (Å²) in [5.41, 5.74) is 1.22. The minimum Gasteiger partial charge on any atom is -0.391 e. The Bertz CT molecular complexity index is 3130. The zero-order valence-corrected chi connectivity index (χ0v) is 64.0. The van der Waals surface area contributed by atoms with E-state index < -0.39 is 175 Å². The van der Waals surface area contributed by atoms with E-state index in [0.717, 1.165) is 21.1 Å². The maximum Gasteiger partial charge on any atom is 0.248 e. The van der Waals surface area contributed by atoms with Gasteiger partial charge in [-0.05, 0) is 93.1 Å². The van der Waals surface area contributed by atoms with Crippen LogP contribution in [0, 0.1) is 29.6 Å². The second kappa shape index (κ2) is 40.7. The molecular formula is C75H120N12O15. The van der Waals surface area contributed by atoms with Crippen LogP contribution in [0.5, 0.6) is 0 Å². The Morgan fingerprint density at radius 2 is 0.961 bits per heavy atom. The van der Waals surface area contributed by atoms with Crippen molar-refractivity contribution in [1.29, 1.82) is 0 Å². The van der Waals surface area contributed by atoms with Crippen molar-refractivity contribution in [1.82, 2.24) is 60.5 Å². The smallest absolute Gasteiger partial charge is 0.248 e. The number of benzene rings is 2. The maximum atomic E-state index is 15.6. The Morgan fingerprint density at radius 3 is 1.47 bits per heavy atom. The van der Waals surface area contributed by atoms with E-state index in [1.165, 1.54) is 82.8 Å². The van der Waals surface area contributed by atoms with Crippen LogP contribution in [-0.4, -0.2) is 275 Å². The number of hydrogen-bond donors (Lipinski definition) is 6. The third-order valence-corrected chi connectivity index (χ3v) is 19.4. The second-order valence-corrected chi connectivity index (χ2v) is 29.7. The fourth-order valence-electron chi connectivity index (χ4n) is 13.2. The van der Waals surface area contributed by atoms with Crippen LogP contribution in [-0.2, 0) is 75.1 Å². The van der Waals surface area contributed by atoms with E-state index in [1.54, 1.807) is 93.3 Å². The number of likely N-dealkylation sites (tertiary alicyclic amines) is 1. The molecule has 2 aromatic carbocycles. The zero-order valence-electron chi connectivity index (χ0n) is 64.0. The van der Waals surface area contributed by atoms with E-state index in [9.17, 15) is 43.8 Å². The minimum absolute atomic E-state index is 0.0599. The lowest BCUT2D eigenvalue weighted by atomic mass is 9.94. The number of rotatable bonds is 19. The predicted molar refractivity (Wildman–Crippen MR) is 387 cm³/mol. The molecule has 2 saturated heterocycles. The first-order valence-corrected chi connectivity index (χ1v) is 36.2. The van der Waals surface area contributed by atoms with Crippen LogP contribution >= 0.6 is 0 Å². The highest BCUT2D eigenvalue weighted by Crippen LogP contribution is 2.25. The van der Waals surface area contributed by atoms with Crippen LogP contribution < -0.4 is 21.3 Å². The number of carbonyl (C=O) groups excluding carboxylic acids is 12. The average molecular weight is 1430 g/mol. The molecule has 2 aromatic rings. The number of carbonyl (C=O) groups is 12. The van der Waals surface area contributed by atoms with Crippen molar-refractivity contribution in [3.63, 3.8) is 0 Å². The summed E-state index contributed by atoms with van der Waals surface area (Å²) in [6, 6.07) is 3.57. The molecule has 570 valence electrons. The van der Waals surface area contributed by atoms with Gasteiger partial charge in [-0.3, -0.25) is 57.5 Å². The summed E-state index contributed by atoms with van der Waals surface area (Å²) in [6.45, 7) is 19.9. The van der Waals surface area contributed by atoms with Gasteiger partial charge in [0.25, 0.3) is 0 Å². The molecule has 0 bridgehead atoms. The van der Waals surface area contributed by atoms with Gasteiger partial charge in [0.1, 0.15) is 60.4 Å². The fraction of sp³-hybridized carbons (Fsp3) is 0.680. The number of nitrogens with one attached hydrogen (secondary N) is 4. The van der Waals surface area contributed by atoms with Crippen molar-refractivity contribution in [2.24, 2.45) is 29.6 Å². The highest BCUT2D eigenvalue weighted by molar-refractivity contribution is 6.00. The molecule has 0 spiro atoms. The fourth-order valence-corrected chi connectivity index (χ4v) is 13.2. The summed E-state index contributed by atoms with van der Waals surface area (Å²) in [5, 5.41) is 32.9. The van der Waals surface area contributed by atoms with E-state index in [4.69, 9.17) is 4.74 Å². The molecule has 2 fully saturated rings. The van der Waals surface area contributed by atoms with Crippen molar-refractivity contribution in [2.75, 3.05) is 82.2 Å². The molecule has 27 heteroatoms. The van der Waals surface area contributed by atoms with Crippen LogP contribution in [0.1, 0.15) is 146 Å². The number of aliphatic hydroxyl groups excluding tert-OH is 2. The number of hydrogen-bond acceptors (Lipinski definition) is 15. The van der Waals surface area contributed by atoms with Gasteiger partial charge < -0.3 is 75.4 Å². The highest BCUT2D eigenvalue weighted by Gasteiger charge is 2.45. The topological polar surface area (TPSA) is 329 Å². The number of amides is 12. The molecule has 102 heavy (non-hydrogen) atoms. The van der Waals surface area contributed by atoms with Crippen molar-refractivity contribution in [3.8, 4) is 0 Å². The quantitative estimate of drug-likeness (QED) is 0.118. The molecule has 0 aromatic heterocycles. The monoisotopic (exact) mass is 1430 g/mol. The first kappa shape index (κ1) is 86.4. The maximum absolute atomic E-state index is 15.6. The Kier molecular flexibility index (Phi) is 34.5. The van der Waals surface area contributed by atoms with Crippen molar-refractivity contribution >= 4 is 70.9 Å². The summed E-state index contributed by atoms with van der Waals surface area (Å²) < 4.78 is 5.89. The molecule has 0 saturated carbocycles. The third-order valence-electron chi connectivity index (χ3n) is 19.4. The van der Waals surface area contributed by atoms with Gasteiger partial charge in [0.2, 0.25) is 70.9 Å². The summed E-state index contributed by atoms with van der Waals surface area (Å²) in [5.74, 6) is -10.9. The zero-order chi connectivity index (χ0) is 76.7. The number of piperidine rings is 1. The third kappa shape index (κ3) is 24.6. The summed E-state index contributed by atoms with van der Waals surface area (Å²) in [4.78, 5) is 190. The highest BCUT2D eigenvalue weighted by atomic mass is 16.5. The van der Waals surface area contributed by atoms with Gasteiger partial charge in [0.15, 0.2) is 0 Å². The number of ether oxygens (including phenoxy) is 1. The van der Waals surface area contributed by atoms with Crippen molar-refractivity contribution in [2.45, 2.75) is 220 Å². The van der Waals surface area contributed by atoms with E-state index in [-0.39, 0.29) is 56.5 Å². The normalized spacial score (nSPS) is 25.4. The summed E-state index contributed by atoms with van der Waals surface area (Å²) >= 11 is 0. The molecule has 0 radical (unpaired) electrons. The van der Waals surface area contributed by atoms with Gasteiger partial charge in [-0.25, -0.2) is 0 Å².